The molecule has 0 amide bonds. The molecule has 2 aromatic rings. The lowest BCUT2D eigenvalue weighted by atomic mass is 10.1. The predicted octanol–water partition coefficient (Wildman–Crippen LogP) is 3.44. The van der Waals surface area contributed by atoms with Crippen LogP contribution in [0.3, 0.4) is 0 Å². The van der Waals surface area contributed by atoms with Crippen LogP contribution in [0.25, 0.3) is 0 Å². The van der Waals surface area contributed by atoms with Crippen molar-refractivity contribution in [3.8, 4) is 5.75 Å². The summed E-state index contributed by atoms with van der Waals surface area (Å²) in [6.45, 7) is 2.16. The van der Waals surface area contributed by atoms with Crippen LogP contribution in [0.4, 0.5) is 0 Å². The molecule has 0 saturated heterocycles. The number of nitrogens with two attached hydrogens (primary N) is 1. The molecule has 0 atom stereocenters. The molecule has 4 heteroatoms. The molecule has 0 aromatic heterocycles. The van der Waals surface area contributed by atoms with Gasteiger partial charge in [0, 0.05) is 30.2 Å². The van der Waals surface area contributed by atoms with E-state index in [0.29, 0.717) is 6.54 Å². The maximum Gasteiger partial charge on any atom is 0.123 e. The van der Waals surface area contributed by atoms with Gasteiger partial charge in [-0.3, -0.25) is 4.90 Å². The van der Waals surface area contributed by atoms with Gasteiger partial charge >= 0.3 is 0 Å². The quantitative estimate of drug-likeness (QED) is 0.888. The summed E-state index contributed by atoms with van der Waals surface area (Å²) >= 11 is 6.07. The molecule has 0 spiro atoms. The average molecular weight is 305 g/mol. The fourth-order valence-corrected chi connectivity index (χ4v) is 2.61. The predicted molar refractivity (Wildman–Crippen MR) is 87.5 cm³/mol. The minimum Gasteiger partial charge on any atom is -0.496 e. The van der Waals surface area contributed by atoms with Crippen LogP contribution in [-0.2, 0) is 19.6 Å². The molecule has 0 saturated carbocycles. The average Bonchev–Trinajstić information content (AvgIpc) is 2.48. The molecule has 112 valence electrons. The molecule has 2 aromatic carbocycles. The van der Waals surface area contributed by atoms with Crippen LogP contribution >= 0.6 is 11.6 Å². The number of hydrogen-bond donors (Lipinski definition) is 1. The first-order valence-corrected chi connectivity index (χ1v) is 7.29. The molecule has 0 bridgehead atoms. The van der Waals surface area contributed by atoms with Gasteiger partial charge in [0.2, 0.25) is 0 Å². The summed E-state index contributed by atoms with van der Waals surface area (Å²) in [7, 11) is 3.75. The normalized spacial score (nSPS) is 10.9. The molecule has 21 heavy (non-hydrogen) atoms. The van der Waals surface area contributed by atoms with Crippen LogP contribution in [0.1, 0.15) is 16.7 Å². The lowest BCUT2D eigenvalue weighted by Crippen LogP contribution is -2.19. The summed E-state index contributed by atoms with van der Waals surface area (Å²) in [5, 5.41) is 0.724. The number of hydrogen-bond acceptors (Lipinski definition) is 3. The van der Waals surface area contributed by atoms with E-state index in [1.165, 1.54) is 11.1 Å². The van der Waals surface area contributed by atoms with E-state index in [0.717, 1.165) is 29.4 Å². The summed E-state index contributed by atoms with van der Waals surface area (Å²) in [4.78, 5) is 2.22. The van der Waals surface area contributed by atoms with E-state index < -0.39 is 0 Å². The molecule has 3 nitrogen and oxygen atoms in total. The second-order valence-corrected chi connectivity index (χ2v) is 5.54. The van der Waals surface area contributed by atoms with Gasteiger partial charge in [0.1, 0.15) is 5.75 Å². The van der Waals surface area contributed by atoms with Gasteiger partial charge in [0.05, 0.1) is 7.11 Å². The van der Waals surface area contributed by atoms with Gasteiger partial charge in [-0.15, -0.1) is 0 Å². The standard InChI is InChI=1S/C17H21ClN2O/c1-20(11-14-6-4-3-5-13(14)10-19)12-15-9-16(18)7-8-17(15)21-2/h3-9H,10-12,19H2,1-2H3. The van der Waals surface area contributed by atoms with E-state index in [2.05, 4.69) is 24.1 Å². The van der Waals surface area contributed by atoms with Gasteiger partial charge in [-0.05, 0) is 36.4 Å². The SMILES string of the molecule is COc1ccc(Cl)cc1CN(C)Cc1ccccc1CN. The Morgan fingerprint density at radius 3 is 2.38 bits per heavy atom. The summed E-state index contributed by atoms with van der Waals surface area (Å²) in [5.41, 5.74) is 9.31. The lowest BCUT2D eigenvalue weighted by Gasteiger charge is -2.20. The second kappa shape index (κ2) is 7.46. The minimum atomic E-state index is 0.560. The Kier molecular flexibility index (Phi) is 5.62. The summed E-state index contributed by atoms with van der Waals surface area (Å²) < 4.78 is 5.39. The monoisotopic (exact) mass is 304 g/mol. The fourth-order valence-electron chi connectivity index (χ4n) is 2.42. The minimum absolute atomic E-state index is 0.560. The Labute approximate surface area is 131 Å². The summed E-state index contributed by atoms with van der Waals surface area (Å²) in [5.74, 6) is 0.860. The third-order valence-corrected chi connectivity index (χ3v) is 3.70. The Balaban J connectivity index is 2.11. The van der Waals surface area contributed by atoms with E-state index >= 15 is 0 Å². The van der Waals surface area contributed by atoms with Crippen molar-refractivity contribution in [3.05, 3.63) is 64.2 Å². The third kappa shape index (κ3) is 4.21. The molecular weight excluding hydrogens is 284 g/mol. The van der Waals surface area contributed by atoms with E-state index in [4.69, 9.17) is 22.1 Å². The number of halogens is 1. The summed E-state index contributed by atoms with van der Waals surface area (Å²) in [6.07, 6.45) is 0. The van der Waals surface area contributed by atoms with Crippen LogP contribution in [0.5, 0.6) is 5.75 Å². The first kappa shape index (κ1) is 15.8. The van der Waals surface area contributed by atoms with Gasteiger partial charge in [0.15, 0.2) is 0 Å². The van der Waals surface area contributed by atoms with Crippen molar-refractivity contribution in [2.45, 2.75) is 19.6 Å². The van der Waals surface area contributed by atoms with E-state index in [1.807, 2.05) is 30.3 Å². The number of benzene rings is 2. The van der Waals surface area contributed by atoms with E-state index in [-0.39, 0.29) is 0 Å². The van der Waals surface area contributed by atoms with Crippen molar-refractivity contribution in [3.63, 3.8) is 0 Å². The van der Waals surface area contributed by atoms with Gasteiger partial charge in [-0.1, -0.05) is 35.9 Å². The van der Waals surface area contributed by atoms with Crippen LogP contribution in [0.15, 0.2) is 42.5 Å². The van der Waals surface area contributed by atoms with Crippen molar-refractivity contribution in [2.24, 2.45) is 5.73 Å². The zero-order valence-corrected chi connectivity index (χ0v) is 13.2. The topological polar surface area (TPSA) is 38.5 Å². The van der Waals surface area contributed by atoms with Crippen LogP contribution in [0, 0.1) is 0 Å². The number of rotatable bonds is 6. The smallest absolute Gasteiger partial charge is 0.123 e. The van der Waals surface area contributed by atoms with E-state index in [9.17, 15) is 0 Å². The second-order valence-electron chi connectivity index (χ2n) is 5.10. The molecule has 0 unspecified atom stereocenters. The molecule has 0 aliphatic carbocycles. The fraction of sp³-hybridized carbons (Fsp3) is 0.294. The lowest BCUT2D eigenvalue weighted by molar-refractivity contribution is 0.309. The largest absolute Gasteiger partial charge is 0.496 e. The summed E-state index contributed by atoms with van der Waals surface area (Å²) in [6, 6.07) is 13.9. The zero-order chi connectivity index (χ0) is 15.2. The Hall–Kier alpha value is -1.55. The highest BCUT2D eigenvalue weighted by Crippen LogP contribution is 2.24. The maximum absolute atomic E-state index is 6.07. The number of methoxy groups -OCH3 is 1. The van der Waals surface area contributed by atoms with Crippen LogP contribution in [0.2, 0.25) is 5.02 Å². The van der Waals surface area contributed by atoms with Crippen molar-refractivity contribution in [1.29, 1.82) is 0 Å². The highest BCUT2D eigenvalue weighted by Gasteiger charge is 2.09. The van der Waals surface area contributed by atoms with Crippen LogP contribution < -0.4 is 10.5 Å². The Morgan fingerprint density at radius 2 is 1.71 bits per heavy atom. The number of ether oxygens (including phenoxy) is 1. The van der Waals surface area contributed by atoms with Gasteiger partial charge in [-0.2, -0.15) is 0 Å². The van der Waals surface area contributed by atoms with Crippen molar-refractivity contribution < 1.29 is 4.74 Å². The highest BCUT2D eigenvalue weighted by molar-refractivity contribution is 6.30. The molecule has 0 heterocycles. The van der Waals surface area contributed by atoms with Crippen molar-refractivity contribution in [2.75, 3.05) is 14.2 Å². The Bertz CT molecular complexity index is 601. The first-order valence-electron chi connectivity index (χ1n) is 6.92. The van der Waals surface area contributed by atoms with Crippen molar-refractivity contribution >= 4 is 11.6 Å². The molecule has 2 rings (SSSR count). The molecule has 0 fully saturated rings. The van der Waals surface area contributed by atoms with E-state index in [1.54, 1.807) is 7.11 Å². The highest BCUT2D eigenvalue weighted by atomic mass is 35.5. The Morgan fingerprint density at radius 1 is 1.05 bits per heavy atom. The van der Waals surface area contributed by atoms with Gasteiger partial charge in [0.25, 0.3) is 0 Å². The van der Waals surface area contributed by atoms with Gasteiger partial charge in [-0.25, -0.2) is 0 Å². The van der Waals surface area contributed by atoms with Crippen LogP contribution in [-0.4, -0.2) is 19.1 Å². The van der Waals surface area contributed by atoms with Gasteiger partial charge < -0.3 is 10.5 Å². The van der Waals surface area contributed by atoms with Crippen molar-refractivity contribution in [1.82, 2.24) is 4.90 Å². The molecule has 0 aliphatic rings. The zero-order valence-electron chi connectivity index (χ0n) is 12.5. The molecule has 0 radical (unpaired) electrons. The number of nitrogens with zero attached hydrogens (tertiary/aromatic N) is 1. The molecule has 2 N–H and O–H groups in total. The molecular formula is C17H21ClN2O. The third-order valence-electron chi connectivity index (χ3n) is 3.46. The first-order chi connectivity index (χ1) is 10.1. The molecule has 0 aliphatic heterocycles. The maximum atomic E-state index is 6.07.